The maximum absolute atomic E-state index is 12.0. The van der Waals surface area contributed by atoms with Crippen LogP contribution in [0.4, 0.5) is 5.69 Å². The molecule has 6 nitrogen and oxygen atoms in total. The second-order valence-electron chi connectivity index (χ2n) is 6.84. The highest BCUT2D eigenvalue weighted by molar-refractivity contribution is 5.91. The number of hydrogen-bond acceptors (Lipinski definition) is 5. The van der Waals surface area contributed by atoms with E-state index >= 15 is 0 Å². The monoisotopic (exact) mass is 369 g/mol. The molecule has 1 fully saturated rings. The fraction of sp³-hybridized carbons (Fsp3) is 0.429. The van der Waals surface area contributed by atoms with Gasteiger partial charge in [-0.2, -0.15) is 0 Å². The van der Waals surface area contributed by atoms with Gasteiger partial charge in [-0.1, -0.05) is 19.1 Å². The van der Waals surface area contributed by atoms with E-state index in [-0.39, 0.29) is 18.6 Å². The molecule has 0 saturated carbocycles. The van der Waals surface area contributed by atoms with Gasteiger partial charge in [0, 0.05) is 19.2 Å². The van der Waals surface area contributed by atoms with Crippen LogP contribution < -0.4 is 14.8 Å². The van der Waals surface area contributed by atoms with Gasteiger partial charge in [0.25, 0.3) is 5.91 Å². The quantitative estimate of drug-likeness (QED) is 0.812. The molecular formula is C21H27N3O3. The van der Waals surface area contributed by atoms with Crippen LogP contribution in [0, 0.1) is 0 Å². The zero-order valence-electron chi connectivity index (χ0n) is 16.0. The van der Waals surface area contributed by atoms with Crippen molar-refractivity contribution in [3.63, 3.8) is 0 Å². The second kappa shape index (κ2) is 9.37. The Hall–Kier alpha value is -2.60. The summed E-state index contributed by atoms with van der Waals surface area (Å²) >= 11 is 0. The van der Waals surface area contributed by atoms with E-state index in [9.17, 15) is 4.79 Å². The molecule has 2 aromatic rings. The summed E-state index contributed by atoms with van der Waals surface area (Å²) in [5.41, 5.74) is 1.86. The fourth-order valence-corrected chi connectivity index (χ4v) is 2.96. The molecule has 1 aliphatic heterocycles. The van der Waals surface area contributed by atoms with Crippen molar-refractivity contribution in [2.45, 2.75) is 32.3 Å². The van der Waals surface area contributed by atoms with E-state index in [1.165, 1.54) is 5.56 Å². The van der Waals surface area contributed by atoms with Crippen LogP contribution in [0.15, 0.2) is 42.6 Å². The van der Waals surface area contributed by atoms with E-state index in [0.29, 0.717) is 17.3 Å². The van der Waals surface area contributed by atoms with Gasteiger partial charge in [0.2, 0.25) is 5.88 Å². The molecule has 0 unspecified atom stereocenters. The predicted molar refractivity (Wildman–Crippen MR) is 105 cm³/mol. The summed E-state index contributed by atoms with van der Waals surface area (Å²) in [4.78, 5) is 18.6. The zero-order chi connectivity index (χ0) is 19.1. The Balaban J connectivity index is 1.43. The van der Waals surface area contributed by atoms with Crippen molar-refractivity contribution in [1.29, 1.82) is 0 Å². The average molecular weight is 369 g/mol. The maximum Gasteiger partial charge on any atom is 0.262 e. The topological polar surface area (TPSA) is 63.7 Å². The van der Waals surface area contributed by atoms with Crippen molar-refractivity contribution in [3.05, 3.63) is 48.2 Å². The van der Waals surface area contributed by atoms with Crippen molar-refractivity contribution in [3.8, 4) is 11.6 Å². The Morgan fingerprint density at radius 2 is 1.93 bits per heavy atom. The maximum atomic E-state index is 12.0. The zero-order valence-corrected chi connectivity index (χ0v) is 16.0. The largest absolute Gasteiger partial charge is 0.484 e. The Morgan fingerprint density at radius 1 is 1.19 bits per heavy atom. The lowest BCUT2D eigenvalue weighted by Gasteiger charge is -2.28. The van der Waals surface area contributed by atoms with Gasteiger partial charge in [-0.15, -0.1) is 0 Å². The number of aromatic nitrogens is 1. The van der Waals surface area contributed by atoms with Crippen LogP contribution in [0.5, 0.6) is 11.6 Å². The van der Waals surface area contributed by atoms with Crippen LogP contribution in [-0.4, -0.2) is 48.6 Å². The highest BCUT2D eigenvalue weighted by atomic mass is 16.5. The number of nitrogens with one attached hydrogen (secondary N) is 1. The van der Waals surface area contributed by atoms with Crippen molar-refractivity contribution in [2.24, 2.45) is 0 Å². The molecule has 3 rings (SSSR count). The van der Waals surface area contributed by atoms with Gasteiger partial charge in [0.15, 0.2) is 6.61 Å². The molecule has 0 spiro atoms. The lowest BCUT2D eigenvalue weighted by molar-refractivity contribution is -0.118. The Morgan fingerprint density at radius 3 is 2.56 bits per heavy atom. The average Bonchev–Trinajstić information content (AvgIpc) is 2.70. The number of aryl methyl sites for hydroxylation is 1. The van der Waals surface area contributed by atoms with Crippen LogP contribution in [0.2, 0.25) is 0 Å². The minimum absolute atomic E-state index is 0.0423. The number of likely N-dealkylation sites (tertiary alicyclic amines) is 1. The molecule has 0 radical (unpaired) electrons. The smallest absolute Gasteiger partial charge is 0.262 e. The number of ether oxygens (including phenoxy) is 2. The Labute approximate surface area is 160 Å². The third kappa shape index (κ3) is 5.96. The molecule has 1 N–H and O–H groups in total. The number of anilines is 1. The molecule has 1 amide bonds. The molecule has 2 heterocycles. The van der Waals surface area contributed by atoms with Crippen LogP contribution in [0.3, 0.4) is 0 Å². The first-order valence-electron chi connectivity index (χ1n) is 9.45. The third-order valence-electron chi connectivity index (χ3n) is 4.67. The van der Waals surface area contributed by atoms with Gasteiger partial charge < -0.3 is 19.7 Å². The minimum Gasteiger partial charge on any atom is -0.484 e. The summed E-state index contributed by atoms with van der Waals surface area (Å²) in [5, 5.41) is 2.78. The van der Waals surface area contributed by atoms with E-state index in [1.807, 2.05) is 24.3 Å². The molecular weight excluding hydrogens is 342 g/mol. The molecule has 6 heteroatoms. The van der Waals surface area contributed by atoms with Gasteiger partial charge in [0.1, 0.15) is 11.9 Å². The lowest BCUT2D eigenvalue weighted by atomic mass is 10.1. The summed E-state index contributed by atoms with van der Waals surface area (Å²) in [6.45, 7) is 4.14. The minimum atomic E-state index is -0.222. The second-order valence-corrected chi connectivity index (χ2v) is 6.84. The van der Waals surface area contributed by atoms with Gasteiger partial charge >= 0.3 is 0 Å². The van der Waals surface area contributed by atoms with Gasteiger partial charge in [-0.25, -0.2) is 4.98 Å². The lowest BCUT2D eigenvalue weighted by Crippen LogP contribution is -2.35. The first-order chi connectivity index (χ1) is 13.1. The number of carbonyl (C=O) groups excluding carboxylic acids is 1. The van der Waals surface area contributed by atoms with Crippen molar-refractivity contribution in [2.75, 3.05) is 32.1 Å². The Kier molecular flexibility index (Phi) is 6.65. The fourth-order valence-electron chi connectivity index (χ4n) is 2.96. The van der Waals surface area contributed by atoms with E-state index in [4.69, 9.17) is 9.47 Å². The molecule has 1 aliphatic rings. The number of hydrogen-bond donors (Lipinski definition) is 1. The van der Waals surface area contributed by atoms with Gasteiger partial charge in [0.05, 0.1) is 11.9 Å². The first kappa shape index (κ1) is 19.2. The molecule has 0 bridgehead atoms. The normalized spacial score (nSPS) is 15.3. The number of nitrogens with zero attached hydrogens (tertiary/aromatic N) is 2. The molecule has 0 aliphatic carbocycles. The summed E-state index contributed by atoms with van der Waals surface area (Å²) in [6.07, 6.45) is 4.81. The predicted octanol–water partition coefficient (Wildman–Crippen LogP) is 3.13. The Bertz CT molecular complexity index is 723. The van der Waals surface area contributed by atoms with E-state index < -0.39 is 0 Å². The standard InChI is InChI=1S/C21H27N3O3/c1-3-16-4-7-18(8-5-16)26-15-20(25)23-17-6-9-21(22-14-17)27-19-10-12-24(2)13-11-19/h4-9,14,19H,3,10-13,15H2,1-2H3,(H,23,25). The van der Waals surface area contributed by atoms with Gasteiger partial charge in [-0.05, 0) is 50.1 Å². The number of pyridine rings is 1. The summed E-state index contributed by atoms with van der Waals surface area (Å²) in [5.74, 6) is 1.05. The molecule has 1 aromatic heterocycles. The summed E-state index contributed by atoms with van der Waals surface area (Å²) < 4.78 is 11.4. The van der Waals surface area contributed by atoms with Crippen LogP contribution in [0.25, 0.3) is 0 Å². The number of rotatable bonds is 7. The molecule has 0 atom stereocenters. The van der Waals surface area contributed by atoms with E-state index in [0.717, 1.165) is 32.4 Å². The first-order valence-corrected chi connectivity index (χ1v) is 9.45. The van der Waals surface area contributed by atoms with Crippen molar-refractivity contribution < 1.29 is 14.3 Å². The van der Waals surface area contributed by atoms with Crippen LogP contribution in [0.1, 0.15) is 25.3 Å². The van der Waals surface area contributed by atoms with E-state index in [1.54, 1.807) is 18.3 Å². The summed E-state index contributed by atoms with van der Waals surface area (Å²) in [6, 6.07) is 11.3. The molecule has 1 aromatic carbocycles. The molecule has 1 saturated heterocycles. The SMILES string of the molecule is CCc1ccc(OCC(=O)Nc2ccc(OC3CCN(C)CC3)nc2)cc1. The van der Waals surface area contributed by atoms with Crippen LogP contribution in [-0.2, 0) is 11.2 Å². The molecule has 27 heavy (non-hydrogen) atoms. The highest BCUT2D eigenvalue weighted by Gasteiger charge is 2.18. The number of carbonyl (C=O) groups is 1. The third-order valence-corrected chi connectivity index (χ3v) is 4.67. The number of benzene rings is 1. The number of piperidine rings is 1. The number of amides is 1. The van der Waals surface area contributed by atoms with Gasteiger partial charge in [-0.3, -0.25) is 4.79 Å². The van der Waals surface area contributed by atoms with E-state index in [2.05, 4.69) is 29.2 Å². The van der Waals surface area contributed by atoms with Crippen LogP contribution >= 0.6 is 0 Å². The van der Waals surface area contributed by atoms with Crippen molar-refractivity contribution >= 4 is 11.6 Å². The molecule has 144 valence electrons. The van der Waals surface area contributed by atoms with Crippen molar-refractivity contribution in [1.82, 2.24) is 9.88 Å². The highest BCUT2D eigenvalue weighted by Crippen LogP contribution is 2.18. The summed E-state index contributed by atoms with van der Waals surface area (Å²) in [7, 11) is 2.12.